The fourth-order valence-corrected chi connectivity index (χ4v) is 1.19. The minimum Gasteiger partial charge on any atom is -0.320 e. The van der Waals surface area contributed by atoms with E-state index in [-0.39, 0.29) is 26.7 Å². The first-order valence-electron chi connectivity index (χ1n) is 3.63. The van der Waals surface area contributed by atoms with Crippen molar-refractivity contribution in [2.24, 2.45) is 0 Å². The van der Waals surface area contributed by atoms with Crippen molar-refractivity contribution < 1.29 is 4.79 Å². The van der Waals surface area contributed by atoms with Gasteiger partial charge in [0, 0.05) is 0 Å². The van der Waals surface area contributed by atoms with E-state index >= 15 is 0 Å². The number of nitrogens with zero attached hydrogens (tertiary/aromatic N) is 2. The lowest BCUT2D eigenvalue weighted by Crippen LogP contribution is -2.20. The predicted octanol–water partition coefficient (Wildman–Crippen LogP) is 2.51. The summed E-state index contributed by atoms with van der Waals surface area (Å²) in [6.45, 7) is 1.68. The van der Waals surface area contributed by atoms with E-state index in [9.17, 15) is 4.79 Å². The second kappa shape index (κ2) is 4.91. The summed E-state index contributed by atoms with van der Waals surface area (Å²) >= 11 is 14.5. The van der Waals surface area contributed by atoms with E-state index in [2.05, 4.69) is 31.2 Å². The highest BCUT2D eigenvalue weighted by atomic mass is 79.9. The van der Waals surface area contributed by atoms with Crippen LogP contribution in [0.15, 0.2) is 6.33 Å². The first-order valence-corrected chi connectivity index (χ1v) is 5.30. The largest absolute Gasteiger partial charge is 0.320 e. The molecule has 14 heavy (non-hydrogen) atoms. The van der Waals surface area contributed by atoms with Gasteiger partial charge in [0.1, 0.15) is 12.0 Å². The molecule has 0 aliphatic heterocycles. The van der Waals surface area contributed by atoms with Crippen LogP contribution in [-0.2, 0) is 4.79 Å². The van der Waals surface area contributed by atoms with Gasteiger partial charge >= 0.3 is 0 Å². The van der Waals surface area contributed by atoms with Crippen LogP contribution in [0.2, 0.25) is 10.3 Å². The topological polar surface area (TPSA) is 54.9 Å². The zero-order chi connectivity index (χ0) is 10.7. The fourth-order valence-electron chi connectivity index (χ4n) is 0.670. The molecule has 1 heterocycles. The van der Waals surface area contributed by atoms with Crippen LogP contribution in [0.4, 0.5) is 5.69 Å². The Labute approximate surface area is 99.2 Å². The highest BCUT2D eigenvalue weighted by Crippen LogP contribution is 2.25. The maximum Gasteiger partial charge on any atom is 0.238 e. The number of amides is 1. The second-order valence-electron chi connectivity index (χ2n) is 2.44. The Morgan fingerprint density at radius 1 is 1.50 bits per heavy atom. The number of hydrogen-bond donors (Lipinski definition) is 1. The molecule has 7 heteroatoms. The number of aromatic nitrogens is 2. The molecule has 0 radical (unpaired) electrons. The SMILES string of the molecule is CC(Br)C(=O)Nc1c(Cl)ncnc1Cl. The van der Waals surface area contributed by atoms with Gasteiger partial charge in [-0.2, -0.15) is 0 Å². The first kappa shape index (κ1) is 11.7. The molecule has 76 valence electrons. The minimum absolute atomic E-state index is 0.117. The van der Waals surface area contributed by atoms with Gasteiger partial charge in [0.05, 0.1) is 4.83 Å². The first-order chi connectivity index (χ1) is 6.52. The average molecular weight is 299 g/mol. The molecule has 0 bridgehead atoms. The summed E-state index contributed by atoms with van der Waals surface area (Å²) in [6, 6.07) is 0. The van der Waals surface area contributed by atoms with Crippen molar-refractivity contribution in [1.29, 1.82) is 0 Å². The van der Waals surface area contributed by atoms with Gasteiger partial charge in [-0.05, 0) is 6.92 Å². The number of carbonyl (C=O) groups excluding carboxylic acids is 1. The molecule has 1 unspecified atom stereocenters. The van der Waals surface area contributed by atoms with E-state index in [1.54, 1.807) is 6.92 Å². The lowest BCUT2D eigenvalue weighted by molar-refractivity contribution is -0.115. The number of anilines is 1. The van der Waals surface area contributed by atoms with E-state index in [4.69, 9.17) is 23.2 Å². The Hall–Kier alpha value is -0.390. The molecule has 1 rings (SSSR count). The summed E-state index contributed by atoms with van der Waals surface area (Å²) in [5.41, 5.74) is 0.229. The lowest BCUT2D eigenvalue weighted by atomic mass is 10.4. The lowest BCUT2D eigenvalue weighted by Gasteiger charge is -2.08. The Kier molecular flexibility index (Phi) is 4.10. The molecule has 4 nitrogen and oxygen atoms in total. The Morgan fingerprint density at radius 3 is 2.43 bits per heavy atom. The number of hydrogen-bond acceptors (Lipinski definition) is 3. The maximum absolute atomic E-state index is 11.3. The van der Waals surface area contributed by atoms with Gasteiger partial charge in [-0.1, -0.05) is 39.1 Å². The summed E-state index contributed by atoms with van der Waals surface area (Å²) in [7, 11) is 0. The molecule has 1 amide bonds. The van der Waals surface area contributed by atoms with Crippen LogP contribution < -0.4 is 5.32 Å². The van der Waals surface area contributed by atoms with E-state index in [1.165, 1.54) is 6.33 Å². The van der Waals surface area contributed by atoms with Crippen LogP contribution >= 0.6 is 39.1 Å². The molecule has 0 fully saturated rings. The van der Waals surface area contributed by atoms with Gasteiger partial charge < -0.3 is 5.32 Å². The van der Waals surface area contributed by atoms with Gasteiger partial charge in [-0.15, -0.1) is 0 Å². The molecular weight excluding hydrogens is 293 g/mol. The molecule has 0 aliphatic rings. The van der Waals surface area contributed by atoms with Crippen molar-refractivity contribution in [2.45, 2.75) is 11.8 Å². The molecular formula is C7H6BrCl2N3O. The normalized spacial score (nSPS) is 12.3. The smallest absolute Gasteiger partial charge is 0.238 e. The van der Waals surface area contributed by atoms with Crippen LogP contribution in [0.25, 0.3) is 0 Å². The van der Waals surface area contributed by atoms with E-state index < -0.39 is 0 Å². The third kappa shape index (κ3) is 2.80. The molecule has 1 aromatic heterocycles. The average Bonchev–Trinajstić information content (AvgIpc) is 2.11. The number of alkyl halides is 1. The van der Waals surface area contributed by atoms with Gasteiger partial charge in [0.2, 0.25) is 5.91 Å². The molecule has 0 saturated carbocycles. The quantitative estimate of drug-likeness (QED) is 0.674. The summed E-state index contributed by atoms with van der Waals surface area (Å²) in [5.74, 6) is -0.261. The maximum atomic E-state index is 11.3. The summed E-state index contributed by atoms with van der Waals surface area (Å²) in [6.07, 6.45) is 1.22. The van der Waals surface area contributed by atoms with Crippen molar-refractivity contribution in [3.63, 3.8) is 0 Å². The highest BCUT2D eigenvalue weighted by molar-refractivity contribution is 9.10. The molecule has 1 N–H and O–H groups in total. The highest BCUT2D eigenvalue weighted by Gasteiger charge is 2.14. The van der Waals surface area contributed by atoms with Crippen molar-refractivity contribution in [3.05, 3.63) is 16.6 Å². The molecule has 0 spiro atoms. The van der Waals surface area contributed by atoms with Crippen LogP contribution in [0.5, 0.6) is 0 Å². The Morgan fingerprint density at radius 2 is 2.00 bits per heavy atom. The minimum atomic E-state index is -0.338. The van der Waals surface area contributed by atoms with Crippen molar-refractivity contribution >= 4 is 50.7 Å². The number of halogens is 3. The van der Waals surface area contributed by atoms with Crippen LogP contribution in [-0.4, -0.2) is 20.7 Å². The molecule has 1 atom stereocenters. The van der Waals surface area contributed by atoms with Gasteiger partial charge in [0.15, 0.2) is 10.3 Å². The third-order valence-electron chi connectivity index (χ3n) is 1.36. The Bertz CT molecular complexity index is 339. The van der Waals surface area contributed by atoms with Crippen molar-refractivity contribution in [1.82, 2.24) is 9.97 Å². The van der Waals surface area contributed by atoms with E-state index in [1.807, 2.05) is 0 Å². The number of rotatable bonds is 2. The monoisotopic (exact) mass is 297 g/mol. The second-order valence-corrected chi connectivity index (χ2v) is 4.53. The predicted molar refractivity (Wildman–Crippen MR) is 59.1 cm³/mol. The molecule has 0 aliphatic carbocycles. The summed E-state index contributed by atoms with van der Waals surface area (Å²) in [5, 5.41) is 2.74. The standard InChI is InChI=1S/C7H6BrCl2N3O/c1-3(8)7(14)13-4-5(9)11-2-12-6(4)10/h2-3H,1H3,(H,13,14). The summed E-state index contributed by atoms with van der Waals surface area (Å²) < 4.78 is 0. The molecule has 0 saturated heterocycles. The van der Waals surface area contributed by atoms with Crippen LogP contribution in [0.1, 0.15) is 6.92 Å². The van der Waals surface area contributed by atoms with Crippen molar-refractivity contribution in [2.75, 3.05) is 5.32 Å². The number of nitrogens with one attached hydrogen (secondary N) is 1. The molecule has 1 aromatic rings. The van der Waals surface area contributed by atoms with Gasteiger partial charge in [-0.25, -0.2) is 9.97 Å². The fraction of sp³-hybridized carbons (Fsp3) is 0.286. The third-order valence-corrected chi connectivity index (χ3v) is 2.35. The van der Waals surface area contributed by atoms with Crippen molar-refractivity contribution in [3.8, 4) is 0 Å². The Balaban J connectivity index is 2.91. The molecule has 0 aromatic carbocycles. The zero-order valence-electron chi connectivity index (χ0n) is 7.09. The van der Waals surface area contributed by atoms with Gasteiger partial charge in [-0.3, -0.25) is 4.79 Å². The van der Waals surface area contributed by atoms with Crippen LogP contribution in [0, 0.1) is 0 Å². The van der Waals surface area contributed by atoms with E-state index in [0.29, 0.717) is 0 Å². The summed E-state index contributed by atoms with van der Waals surface area (Å²) in [4.78, 5) is 18.3. The van der Waals surface area contributed by atoms with E-state index in [0.717, 1.165) is 0 Å². The van der Waals surface area contributed by atoms with Crippen LogP contribution in [0.3, 0.4) is 0 Å². The zero-order valence-corrected chi connectivity index (χ0v) is 10.2. The van der Waals surface area contributed by atoms with Gasteiger partial charge in [0.25, 0.3) is 0 Å². The number of carbonyl (C=O) groups is 1.